The van der Waals surface area contributed by atoms with Gasteiger partial charge in [0.05, 0.1) is 6.04 Å². The third-order valence-electron chi connectivity index (χ3n) is 2.43. The van der Waals surface area contributed by atoms with Crippen molar-refractivity contribution in [3.05, 3.63) is 34.3 Å². The molecule has 1 saturated heterocycles. The molecule has 1 nitrogen and oxygen atoms in total. The fraction of sp³-hybridized carbons (Fsp3) is 0.400. The zero-order chi connectivity index (χ0) is 10.2. The van der Waals surface area contributed by atoms with E-state index in [1.165, 1.54) is 0 Å². The van der Waals surface area contributed by atoms with E-state index in [0.29, 0.717) is 12.1 Å². The van der Waals surface area contributed by atoms with E-state index in [-0.39, 0.29) is 6.42 Å². The molecular formula is C10H10BrF2N. The van der Waals surface area contributed by atoms with Gasteiger partial charge in [0.2, 0.25) is 0 Å². The lowest BCUT2D eigenvalue weighted by atomic mass is 10.0. The van der Waals surface area contributed by atoms with E-state index in [9.17, 15) is 8.78 Å². The van der Waals surface area contributed by atoms with E-state index in [0.717, 1.165) is 4.47 Å². The third kappa shape index (κ3) is 1.81. The Labute approximate surface area is 89.6 Å². The minimum absolute atomic E-state index is 0.0757. The second-order valence-electron chi connectivity index (χ2n) is 3.45. The molecule has 0 aromatic heterocycles. The summed E-state index contributed by atoms with van der Waals surface area (Å²) in [5.74, 6) is -2.62. The topological polar surface area (TPSA) is 12.0 Å². The van der Waals surface area contributed by atoms with E-state index in [1.807, 2.05) is 0 Å². The highest BCUT2D eigenvalue weighted by molar-refractivity contribution is 9.10. The largest absolute Gasteiger partial charge is 0.305 e. The van der Waals surface area contributed by atoms with Crippen LogP contribution in [0.2, 0.25) is 0 Å². The maximum atomic E-state index is 13.3. The average Bonchev–Trinajstić information content (AvgIpc) is 2.47. The number of rotatable bonds is 1. The van der Waals surface area contributed by atoms with Crippen LogP contribution in [-0.4, -0.2) is 12.5 Å². The summed E-state index contributed by atoms with van der Waals surface area (Å²) in [6.45, 7) is 0.383. The molecule has 1 aromatic carbocycles. The molecular weight excluding hydrogens is 252 g/mol. The Morgan fingerprint density at radius 3 is 2.43 bits per heavy atom. The lowest BCUT2D eigenvalue weighted by Gasteiger charge is -2.19. The van der Waals surface area contributed by atoms with Crippen LogP contribution < -0.4 is 5.32 Å². The second-order valence-corrected chi connectivity index (χ2v) is 4.37. The summed E-state index contributed by atoms with van der Waals surface area (Å²) in [5.41, 5.74) is 0.649. The lowest BCUT2D eigenvalue weighted by Crippen LogP contribution is -2.26. The van der Waals surface area contributed by atoms with Crippen LogP contribution in [0.1, 0.15) is 18.0 Å². The van der Waals surface area contributed by atoms with Gasteiger partial charge in [-0.1, -0.05) is 28.1 Å². The fourth-order valence-corrected chi connectivity index (χ4v) is 1.96. The van der Waals surface area contributed by atoms with Gasteiger partial charge in [-0.2, -0.15) is 0 Å². The van der Waals surface area contributed by atoms with Gasteiger partial charge in [0.25, 0.3) is 5.92 Å². The van der Waals surface area contributed by atoms with E-state index < -0.39 is 12.0 Å². The molecule has 1 atom stereocenters. The van der Waals surface area contributed by atoms with Gasteiger partial charge in [0.1, 0.15) is 0 Å². The van der Waals surface area contributed by atoms with Crippen molar-refractivity contribution in [2.45, 2.75) is 18.4 Å². The highest BCUT2D eigenvalue weighted by atomic mass is 79.9. The molecule has 0 radical (unpaired) electrons. The van der Waals surface area contributed by atoms with Gasteiger partial charge in [-0.3, -0.25) is 0 Å². The van der Waals surface area contributed by atoms with Crippen molar-refractivity contribution in [3.63, 3.8) is 0 Å². The zero-order valence-corrected chi connectivity index (χ0v) is 9.02. The Balaban J connectivity index is 2.27. The summed E-state index contributed by atoms with van der Waals surface area (Å²) in [6, 6.07) is 6.19. The molecule has 2 rings (SSSR count). The van der Waals surface area contributed by atoms with Crippen LogP contribution in [0.4, 0.5) is 8.78 Å². The molecule has 76 valence electrons. The summed E-state index contributed by atoms with van der Waals surface area (Å²) >= 11 is 3.27. The highest BCUT2D eigenvalue weighted by Gasteiger charge is 2.44. The van der Waals surface area contributed by atoms with E-state index >= 15 is 0 Å². The number of nitrogens with one attached hydrogen (secondary N) is 1. The van der Waals surface area contributed by atoms with Crippen molar-refractivity contribution in [1.29, 1.82) is 0 Å². The molecule has 0 bridgehead atoms. The van der Waals surface area contributed by atoms with Gasteiger partial charge in [0, 0.05) is 17.4 Å². The fourth-order valence-electron chi connectivity index (χ4n) is 1.69. The molecule has 14 heavy (non-hydrogen) atoms. The van der Waals surface area contributed by atoms with E-state index in [1.54, 1.807) is 24.3 Å². The molecule has 0 amide bonds. The average molecular weight is 262 g/mol. The molecule has 0 spiro atoms. The molecule has 0 saturated carbocycles. The summed E-state index contributed by atoms with van der Waals surface area (Å²) in [7, 11) is 0. The predicted molar refractivity (Wildman–Crippen MR) is 54.4 cm³/mol. The van der Waals surface area contributed by atoms with Crippen molar-refractivity contribution in [2.75, 3.05) is 6.54 Å². The monoisotopic (exact) mass is 261 g/mol. The normalized spacial score (nSPS) is 25.2. The molecule has 1 aliphatic rings. The molecule has 4 heteroatoms. The van der Waals surface area contributed by atoms with Gasteiger partial charge in [-0.15, -0.1) is 0 Å². The van der Waals surface area contributed by atoms with Crippen molar-refractivity contribution in [1.82, 2.24) is 5.32 Å². The van der Waals surface area contributed by atoms with Gasteiger partial charge < -0.3 is 5.32 Å². The van der Waals surface area contributed by atoms with Crippen LogP contribution in [0.25, 0.3) is 0 Å². The van der Waals surface area contributed by atoms with Crippen molar-refractivity contribution < 1.29 is 8.78 Å². The molecule has 1 fully saturated rings. The van der Waals surface area contributed by atoms with Crippen LogP contribution in [0, 0.1) is 0 Å². The quantitative estimate of drug-likeness (QED) is 0.819. The van der Waals surface area contributed by atoms with Crippen LogP contribution in [-0.2, 0) is 0 Å². The van der Waals surface area contributed by atoms with Crippen molar-refractivity contribution in [3.8, 4) is 0 Å². The Morgan fingerprint density at radius 2 is 1.93 bits per heavy atom. The Kier molecular flexibility index (Phi) is 2.58. The van der Waals surface area contributed by atoms with Gasteiger partial charge >= 0.3 is 0 Å². The first-order valence-electron chi connectivity index (χ1n) is 4.46. The standard InChI is InChI=1S/C10H10BrF2N/c11-8-3-1-7(2-4-8)9-10(12,13)5-6-14-9/h1-4,9,14H,5-6H2. The number of hydrogen-bond acceptors (Lipinski definition) is 1. The van der Waals surface area contributed by atoms with Crippen molar-refractivity contribution in [2.24, 2.45) is 0 Å². The Morgan fingerprint density at radius 1 is 1.29 bits per heavy atom. The second kappa shape index (κ2) is 3.59. The molecule has 1 aliphatic heterocycles. The maximum absolute atomic E-state index is 13.3. The van der Waals surface area contributed by atoms with Crippen LogP contribution in [0.15, 0.2) is 28.7 Å². The molecule has 1 aromatic rings. The molecule has 1 heterocycles. The molecule has 1 N–H and O–H groups in total. The zero-order valence-electron chi connectivity index (χ0n) is 7.43. The Bertz CT molecular complexity index is 323. The summed E-state index contributed by atoms with van der Waals surface area (Å²) in [6.07, 6.45) is -0.0757. The van der Waals surface area contributed by atoms with E-state index in [2.05, 4.69) is 21.2 Å². The SMILES string of the molecule is FC1(F)CCNC1c1ccc(Br)cc1. The van der Waals surface area contributed by atoms with Gasteiger partial charge in [-0.25, -0.2) is 8.78 Å². The predicted octanol–water partition coefficient (Wildman–Crippen LogP) is 3.12. The van der Waals surface area contributed by atoms with Crippen molar-refractivity contribution >= 4 is 15.9 Å². The number of hydrogen-bond donors (Lipinski definition) is 1. The number of benzene rings is 1. The van der Waals surface area contributed by atoms with Gasteiger partial charge in [0.15, 0.2) is 0 Å². The summed E-state index contributed by atoms with van der Waals surface area (Å²) in [4.78, 5) is 0. The Hall–Kier alpha value is -0.480. The minimum Gasteiger partial charge on any atom is -0.305 e. The molecule has 0 aliphatic carbocycles. The van der Waals surface area contributed by atoms with Gasteiger partial charge in [-0.05, 0) is 17.7 Å². The van der Waals surface area contributed by atoms with Crippen LogP contribution >= 0.6 is 15.9 Å². The first kappa shape index (κ1) is 10.1. The number of halogens is 3. The third-order valence-corrected chi connectivity index (χ3v) is 2.96. The van der Waals surface area contributed by atoms with E-state index in [4.69, 9.17) is 0 Å². The number of alkyl halides is 2. The first-order valence-corrected chi connectivity index (χ1v) is 5.25. The van der Waals surface area contributed by atoms with Crippen LogP contribution in [0.5, 0.6) is 0 Å². The van der Waals surface area contributed by atoms with Crippen LogP contribution in [0.3, 0.4) is 0 Å². The maximum Gasteiger partial charge on any atom is 0.268 e. The lowest BCUT2D eigenvalue weighted by molar-refractivity contribution is -0.0117. The summed E-state index contributed by atoms with van der Waals surface area (Å²) < 4.78 is 27.5. The summed E-state index contributed by atoms with van der Waals surface area (Å²) in [5, 5.41) is 2.82. The smallest absolute Gasteiger partial charge is 0.268 e. The highest BCUT2D eigenvalue weighted by Crippen LogP contribution is 2.38. The molecule has 1 unspecified atom stereocenters. The minimum atomic E-state index is -2.62. The first-order chi connectivity index (χ1) is 6.59.